The smallest absolute Gasteiger partial charge is 0.253 e. The van der Waals surface area contributed by atoms with Crippen molar-refractivity contribution >= 4 is 16.8 Å². The van der Waals surface area contributed by atoms with Gasteiger partial charge in [-0.25, -0.2) is 0 Å². The van der Waals surface area contributed by atoms with Gasteiger partial charge in [-0.15, -0.1) is 0 Å². The molecule has 1 amide bonds. The topological polar surface area (TPSA) is 84.3 Å². The molecule has 0 fully saturated rings. The zero-order chi connectivity index (χ0) is 20.9. The van der Waals surface area contributed by atoms with E-state index in [0.717, 1.165) is 16.7 Å². The molecule has 0 radical (unpaired) electrons. The first-order valence-electron chi connectivity index (χ1n) is 9.67. The van der Waals surface area contributed by atoms with Gasteiger partial charge in [0.2, 0.25) is 0 Å². The maximum atomic E-state index is 12.9. The summed E-state index contributed by atoms with van der Waals surface area (Å²) in [7, 11) is 0. The normalized spacial score (nSPS) is 11.8. The molecule has 0 bridgehead atoms. The molecular formula is C24H21N3O3. The zero-order valence-electron chi connectivity index (χ0n) is 16.4. The van der Waals surface area contributed by atoms with E-state index in [2.05, 4.69) is 15.3 Å². The summed E-state index contributed by atoms with van der Waals surface area (Å²) in [6.45, 7) is 2.49. The van der Waals surface area contributed by atoms with Crippen LogP contribution in [0.3, 0.4) is 0 Å². The molecule has 0 saturated carbocycles. The SMILES string of the molecule is CCOc1ccc([C@H](NC(=O)c2cccnc2)c2ccc3cccnc3c2O)cc1. The van der Waals surface area contributed by atoms with Crippen molar-refractivity contribution in [1.82, 2.24) is 15.3 Å². The molecule has 6 heteroatoms. The molecule has 2 aromatic carbocycles. The highest BCUT2D eigenvalue weighted by atomic mass is 16.5. The highest BCUT2D eigenvalue weighted by Crippen LogP contribution is 2.35. The molecule has 6 nitrogen and oxygen atoms in total. The number of carbonyl (C=O) groups is 1. The van der Waals surface area contributed by atoms with E-state index >= 15 is 0 Å². The number of nitrogens with one attached hydrogen (secondary N) is 1. The van der Waals surface area contributed by atoms with Crippen molar-refractivity contribution in [2.24, 2.45) is 0 Å². The second-order valence-electron chi connectivity index (χ2n) is 6.73. The number of amides is 1. The van der Waals surface area contributed by atoms with Crippen LogP contribution in [-0.2, 0) is 0 Å². The fourth-order valence-electron chi connectivity index (χ4n) is 3.35. The number of rotatable bonds is 6. The number of aromatic hydroxyl groups is 1. The van der Waals surface area contributed by atoms with Crippen LogP contribution < -0.4 is 10.1 Å². The predicted molar refractivity (Wildman–Crippen MR) is 115 cm³/mol. The van der Waals surface area contributed by atoms with Crippen molar-refractivity contribution in [1.29, 1.82) is 0 Å². The molecular weight excluding hydrogens is 378 g/mol. The third kappa shape index (κ3) is 3.93. The lowest BCUT2D eigenvalue weighted by molar-refractivity contribution is 0.0942. The number of hydrogen-bond donors (Lipinski definition) is 2. The van der Waals surface area contributed by atoms with Gasteiger partial charge in [-0.05, 0) is 42.8 Å². The van der Waals surface area contributed by atoms with Crippen LogP contribution in [0.5, 0.6) is 11.5 Å². The van der Waals surface area contributed by atoms with Crippen molar-refractivity contribution in [2.45, 2.75) is 13.0 Å². The Morgan fingerprint density at radius 2 is 1.87 bits per heavy atom. The Kier molecular flexibility index (Phi) is 5.57. The lowest BCUT2D eigenvalue weighted by Crippen LogP contribution is -2.29. The van der Waals surface area contributed by atoms with E-state index in [4.69, 9.17) is 4.74 Å². The minimum atomic E-state index is -0.584. The van der Waals surface area contributed by atoms with Gasteiger partial charge in [0.25, 0.3) is 5.91 Å². The van der Waals surface area contributed by atoms with Crippen LogP contribution in [0, 0.1) is 0 Å². The van der Waals surface area contributed by atoms with Gasteiger partial charge in [-0.3, -0.25) is 14.8 Å². The van der Waals surface area contributed by atoms with Gasteiger partial charge in [0, 0.05) is 29.5 Å². The van der Waals surface area contributed by atoms with Crippen molar-refractivity contribution in [3.8, 4) is 11.5 Å². The number of carbonyl (C=O) groups excluding carboxylic acids is 1. The molecule has 2 N–H and O–H groups in total. The molecule has 2 heterocycles. The van der Waals surface area contributed by atoms with E-state index in [9.17, 15) is 9.90 Å². The Balaban J connectivity index is 1.77. The molecule has 0 aliphatic heterocycles. The Hall–Kier alpha value is -3.93. The van der Waals surface area contributed by atoms with E-state index in [1.54, 1.807) is 24.5 Å². The fourth-order valence-corrected chi connectivity index (χ4v) is 3.35. The molecule has 0 unspecified atom stereocenters. The average Bonchev–Trinajstić information content (AvgIpc) is 2.80. The predicted octanol–water partition coefficient (Wildman–Crippen LogP) is 4.25. The zero-order valence-corrected chi connectivity index (χ0v) is 16.4. The van der Waals surface area contributed by atoms with Gasteiger partial charge < -0.3 is 15.2 Å². The quantitative estimate of drug-likeness (QED) is 0.506. The number of hydrogen-bond acceptors (Lipinski definition) is 5. The number of nitrogens with zero attached hydrogens (tertiary/aromatic N) is 2. The number of phenolic OH excluding ortho intramolecular Hbond substituents is 1. The van der Waals surface area contributed by atoms with Gasteiger partial charge in [0.15, 0.2) is 0 Å². The van der Waals surface area contributed by atoms with Crippen LogP contribution in [0.1, 0.15) is 34.5 Å². The second-order valence-corrected chi connectivity index (χ2v) is 6.73. The van der Waals surface area contributed by atoms with Gasteiger partial charge >= 0.3 is 0 Å². The molecule has 0 aliphatic rings. The molecule has 0 aliphatic carbocycles. The highest BCUT2D eigenvalue weighted by molar-refractivity contribution is 5.94. The maximum absolute atomic E-state index is 12.9. The summed E-state index contributed by atoms with van der Waals surface area (Å²) < 4.78 is 5.52. The van der Waals surface area contributed by atoms with Crippen LogP contribution in [0.15, 0.2) is 79.3 Å². The van der Waals surface area contributed by atoms with Crippen molar-refractivity contribution < 1.29 is 14.6 Å². The number of pyridine rings is 2. The molecule has 4 rings (SSSR count). The highest BCUT2D eigenvalue weighted by Gasteiger charge is 2.22. The van der Waals surface area contributed by atoms with E-state index in [0.29, 0.717) is 23.3 Å². The van der Waals surface area contributed by atoms with Crippen LogP contribution in [0.2, 0.25) is 0 Å². The summed E-state index contributed by atoms with van der Waals surface area (Å²) in [4.78, 5) is 21.2. The van der Waals surface area contributed by atoms with Crippen molar-refractivity contribution in [3.63, 3.8) is 0 Å². The summed E-state index contributed by atoms with van der Waals surface area (Å²) in [5, 5.41) is 14.8. The fraction of sp³-hybridized carbons (Fsp3) is 0.125. The monoisotopic (exact) mass is 399 g/mol. The van der Waals surface area contributed by atoms with Gasteiger partial charge in [-0.2, -0.15) is 0 Å². The van der Waals surface area contributed by atoms with Crippen molar-refractivity contribution in [2.75, 3.05) is 6.61 Å². The molecule has 0 saturated heterocycles. The van der Waals surface area contributed by atoms with E-state index in [-0.39, 0.29) is 11.7 Å². The largest absolute Gasteiger partial charge is 0.505 e. The standard InChI is InChI=1S/C24H21N3O3/c1-2-30-19-10-7-17(8-11-19)21(27-24(29)18-6-3-13-25-15-18)20-12-9-16-5-4-14-26-22(16)23(20)28/h3-15,21,28H,2H2,1H3,(H,27,29)/t21-/m0/s1. The number of ether oxygens (including phenoxy) is 1. The summed E-state index contributed by atoms with van der Waals surface area (Å²) in [6, 6.07) is 17.7. The van der Waals surface area contributed by atoms with Gasteiger partial charge in [0.05, 0.1) is 18.2 Å². The average molecular weight is 399 g/mol. The summed E-state index contributed by atoms with van der Waals surface area (Å²) in [5.74, 6) is 0.490. The number of benzene rings is 2. The van der Waals surface area contributed by atoms with Crippen molar-refractivity contribution in [3.05, 3.63) is 95.9 Å². The lowest BCUT2D eigenvalue weighted by Gasteiger charge is -2.22. The number of aromatic nitrogens is 2. The maximum Gasteiger partial charge on any atom is 0.253 e. The van der Waals surface area contributed by atoms with Crippen LogP contribution in [0.4, 0.5) is 0 Å². The minimum absolute atomic E-state index is 0.0403. The Bertz CT molecular complexity index is 1160. The summed E-state index contributed by atoms with van der Waals surface area (Å²) >= 11 is 0. The number of fused-ring (bicyclic) bond motifs is 1. The first-order chi connectivity index (χ1) is 14.7. The third-order valence-corrected chi connectivity index (χ3v) is 4.81. The van der Waals surface area contributed by atoms with Crippen LogP contribution in [-0.4, -0.2) is 27.6 Å². The van der Waals surface area contributed by atoms with E-state index in [1.165, 1.54) is 6.20 Å². The lowest BCUT2D eigenvalue weighted by atomic mass is 9.96. The second kappa shape index (κ2) is 8.61. The first kappa shape index (κ1) is 19.4. The van der Waals surface area contributed by atoms with Crippen LogP contribution >= 0.6 is 0 Å². The molecule has 0 spiro atoms. The Morgan fingerprint density at radius 1 is 1.07 bits per heavy atom. The summed E-state index contributed by atoms with van der Waals surface area (Å²) in [5.41, 5.74) is 2.29. The molecule has 30 heavy (non-hydrogen) atoms. The van der Waals surface area contributed by atoms with Gasteiger partial charge in [-0.1, -0.05) is 30.3 Å². The molecule has 1 atom stereocenters. The van der Waals surface area contributed by atoms with E-state index < -0.39 is 6.04 Å². The minimum Gasteiger partial charge on any atom is -0.505 e. The Morgan fingerprint density at radius 3 is 2.60 bits per heavy atom. The molecule has 2 aromatic heterocycles. The molecule has 150 valence electrons. The van der Waals surface area contributed by atoms with Gasteiger partial charge in [0.1, 0.15) is 17.0 Å². The third-order valence-electron chi connectivity index (χ3n) is 4.81. The Labute approximate surface area is 174 Å². The van der Waals surface area contributed by atoms with Crippen LogP contribution in [0.25, 0.3) is 10.9 Å². The summed E-state index contributed by atoms with van der Waals surface area (Å²) in [6.07, 6.45) is 4.75. The number of phenols is 1. The molecule has 4 aromatic rings. The van der Waals surface area contributed by atoms with E-state index in [1.807, 2.05) is 55.5 Å². The first-order valence-corrected chi connectivity index (χ1v) is 9.67.